The second-order valence-electron chi connectivity index (χ2n) is 2.95. The van der Waals surface area contributed by atoms with Crippen molar-refractivity contribution >= 4 is 11.9 Å². The maximum absolute atomic E-state index is 11.0. The smallest absolute Gasteiger partial charge is 0.333 e. The summed E-state index contributed by atoms with van der Waals surface area (Å²) in [4.78, 5) is 21.8. The lowest BCUT2D eigenvalue weighted by Gasteiger charge is -2.05. The monoisotopic (exact) mass is 197 g/mol. The molecule has 0 spiro atoms. The van der Waals surface area contributed by atoms with Crippen LogP contribution in [0.5, 0.6) is 0 Å². The highest BCUT2D eigenvalue weighted by Crippen LogP contribution is 1.91. The van der Waals surface area contributed by atoms with Crippen LogP contribution in [0.4, 0.5) is 0 Å². The van der Waals surface area contributed by atoms with Crippen molar-refractivity contribution in [3.63, 3.8) is 0 Å². The summed E-state index contributed by atoms with van der Waals surface area (Å²) in [6, 6.07) is 0. The SMILES string of the molecule is C=C(C)C(=O)NCCOC(=O)C(=C)C. The normalized spacial score (nSPS) is 9.00. The highest BCUT2D eigenvalue weighted by Gasteiger charge is 2.03. The Hall–Kier alpha value is -1.58. The molecule has 0 radical (unpaired) electrons. The van der Waals surface area contributed by atoms with Gasteiger partial charge in [0.25, 0.3) is 0 Å². The van der Waals surface area contributed by atoms with Crippen LogP contribution < -0.4 is 5.32 Å². The molecule has 0 atom stereocenters. The number of hydrogen-bond donors (Lipinski definition) is 1. The molecule has 4 heteroatoms. The molecule has 0 aliphatic heterocycles. The van der Waals surface area contributed by atoms with Gasteiger partial charge in [-0.2, -0.15) is 0 Å². The third-order valence-corrected chi connectivity index (χ3v) is 1.36. The van der Waals surface area contributed by atoms with Crippen molar-refractivity contribution < 1.29 is 14.3 Å². The van der Waals surface area contributed by atoms with Crippen LogP contribution in [0.3, 0.4) is 0 Å². The first-order valence-corrected chi connectivity index (χ1v) is 4.21. The summed E-state index contributed by atoms with van der Waals surface area (Å²) in [6.07, 6.45) is 0. The molecule has 0 saturated heterocycles. The first kappa shape index (κ1) is 12.4. The average molecular weight is 197 g/mol. The van der Waals surface area contributed by atoms with E-state index in [0.29, 0.717) is 11.1 Å². The Labute approximate surface area is 83.6 Å². The molecule has 0 heterocycles. The van der Waals surface area contributed by atoms with Gasteiger partial charge < -0.3 is 10.1 Å². The molecule has 1 N–H and O–H groups in total. The van der Waals surface area contributed by atoms with E-state index in [1.807, 2.05) is 0 Å². The zero-order valence-electron chi connectivity index (χ0n) is 8.55. The number of nitrogens with one attached hydrogen (secondary N) is 1. The van der Waals surface area contributed by atoms with Gasteiger partial charge in [0.15, 0.2) is 0 Å². The van der Waals surface area contributed by atoms with Crippen LogP contribution >= 0.6 is 0 Å². The second-order valence-corrected chi connectivity index (χ2v) is 2.95. The summed E-state index contributed by atoms with van der Waals surface area (Å²) in [5.41, 5.74) is 0.771. The van der Waals surface area contributed by atoms with Crippen LogP contribution in [0.2, 0.25) is 0 Å². The van der Waals surface area contributed by atoms with Gasteiger partial charge in [0.1, 0.15) is 6.61 Å². The minimum Gasteiger partial charge on any atom is -0.460 e. The molecular weight excluding hydrogens is 182 g/mol. The Morgan fingerprint density at radius 2 is 1.79 bits per heavy atom. The van der Waals surface area contributed by atoms with Gasteiger partial charge in [0.2, 0.25) is 5.91 Å². The van der Waals surface area contributed by atoms with E-state index in [-0.39, 0.29) is 19.1 Å². The van der Waals surface area contributed by atoms with Crippen LogP contribution in [0.15, 0.2) is 24.3 Å². The fourth-order valence-electron chi connectivity index (χ4n) is 0.582. The minimum absolute atomic E-state index is 0.144. The summed E-state index contributed by atoms with van der Waals surface area (Å²) in [5, 5.41) is 2.53. The number of amides is 1. The maximum atomic E-state index is 11.0. The first-order valence-electron chi connectivity index (χ1n) is 4.21. The Balaban J connectivity index is 3.57. The van der Waals surface area contributed by atoms with Gasteiger partial charge in [0.05, 0.1) is 6.54 Å². The predicted molar refractivity (Wildman–Crippen MR) is 53.6 cm³/mol. The quantitative estimate of drug-likeness (QED) is 0.403. The van der Waals surface area contributed by atoms with E-state index < -0.39 is 5.97 Å². The summed E-state index contributed by atoms with van der Waals surface area (Å²) >= 11 is 0. The van der Waals surface area contributed by atoms with E-state index in [9.17, 15) is 9.59 Å². The molecule has 0 unspecified atom stereocenters. The second kappa shape index (κ2) is 5.96. The van der Waals surface area contributed by atoms with E-state index in [0.717, 1.165) is 0 Å². The van der Waals surface area contributed by atoms with E-state index in [4.69, 9.17) is 4.74 Å². The predicted octanol–water partition coefficient (Wildman–Crippen LogP) is 0.798. The van der Waals surface area contributed by atoms with Gasteiger partial charge in [-0.05, 0) is 13.8 Å². The van der Waals surface area contributed by atoms with Crippen LogP contribution in [0.1, 0.15) is 13.8 Å². The first-order chi connectivity index (χ1) is 6.45. The molecule has 1 amide bonds. The zero-order valence-corrected chi connectivity index (χ0v) is 8.55. The van der Waals surface area contributed by atoms with Gasteiger partial charge in [-0.1, -0.05) is 13.2 Å². The molecule has 0 rings (SSSR count). The van der Waals surface area contributed by atoms with E-state index >= 15 is 0 Å². The number of carbonyl (C=O) groups excluding carboxylic acids is 2. The molecule has 0 aliphatic carbocycles. The zero-order chi connectivity index (χ0) is 11.1. The van der Waals surface area contributed by atoms with Crippen molar-refractivity contribution in [1.29, 1.82) is 0 Å². The Morgan fingerprint density at radius 3 is 2.21 bits per heavy atom. The standard InChI is InChI=1S/C10H15NO3/c1-7(2)9(12)11-5-6-14-10(13)8(3)4/h1,3,5-6H2,2,4H3,(H,11,12). The molecule has 78 valence electrons. The number of hydrogen-bond acceptors (Lipinski definition) is 3. The lowest BCUT2D eigenvalue weighted by atomic mass is 10.3. The fraction of sp³-hybridized carbons (Fsp3) is 0.400. The van der Waals surface area contributed by atoms with Gasteiger partial charge in [-0.3, -0.25) is 4.79 Å². The number of rotatable bonds is 5. The molecule has 4 nitrogen and oxygen atoms in total. The van der Waals surface area contributed by atoms with Crippen molar-refractivity contribution in [3.05, 3.63) is 24.3 Å². The molecule has 0 aromatic heterocycles. The van der Waals surface area contributed by atoms with Gasteiger partial charge in [0, 0.05) is 11.1 Å². The molecule has 0 bridgehead atoms. The molecule has 0 aromatic rings. The minimum atomic E-state index is -0.449. The van der Waals surface area contributed by atoms with Crippen molar-refractivity contribution in [1.82, 2.24) is 5.32 Å². The lowest BCUT2D eigenvalue weighted by Crippen LogP contribution is -2.28. The molecule has 0 fully saturated rings. The van der Waals surface area contributed by atoms with Gasteiger partial charge in [-0.15, -0.1) is 0 Å². The van der Waals surface area contributed by atoms with Crippen molar-refractivity contribution in [2.45, 2.75) is 13.8 Å². The van der Waals surface area contributed by atoms with E-state index in [1.165, 1.54) is 0 Å². The molecule has 0 aromatic carbocycles. The van der Waals surface area contributed by atoms with Crippen LogP contribution in [-0.2, 0) is 14.3 Å². The fourth-order valence-corrected chi connectivity index (χ4v) is 0.582. The van der Waals surface area contributed by atoms with Crippen LogP contribution in [-0.4, -0.2) is 25.0 Å². The summed E-state index contributed by atoms with van der Waals surface area (Å²) in [6.45, 7) is 10.5. The molecular formula is C10H15NO3. The Bertz CT molecular complexity index is 241. The van der Waals surface area contributed by atoms with Crippen LogP contribution in [0.25, 0.3) is 0 Å². The third-order valence-electron chi connectivity index (χ3n) is 1.36. The maximum Gasteiger partial charge on any atom is 0.333 e. The number of esters is 1. The highest BCUT2D eigenvalue weighted by molar-refractivity contribution is 5.92. The van der Waals surface area contributed by atoms with Crippen molar-refractivity contribution in [3.8, 4) is 0 Å². The van der Waals surface area contributed by atoms with E-state index in [2.05, 4.69) is 18.5 Å². The Morgan fingerprint density at radius 1 is 1.21 bits per heavy atom. The summed E-state index contributed by atoms with van der Waals surface area (Å²) < 4.78 is 4.75. The number of carbonyl (C=O) groups is 2. The van der Waals surface area contributed by atoms with Crippen LogP contribution in [0, 0.1) is 0 Å². The highest BCUT2D eigenvalue weighted by atomic mass is 16.5. The number of ether oxygens (including phenoxy) is 1. The van der Waals surface area contributed by atoms with Gasteiger partial charge >= 0.3 is 5.97 Å². The lowest BCUT2D eigenvalue weighted by molar-refractivity contribution is -0.139. The van der Waals surface area contributed by atoms with E-state index in [1.54, 1.807) is 13.8 Å². The average Bonchev–Trinajstić information content (AvgIpc) is 2.11. The van der Waals surface area contributed by atoms with Gasteiger partial charge in [-0.25, -0.2) is 4.79 Å². The molecule has 0 saturated carbocycles. The van der Waals surface area contributed by atoms with Crippen molar-refractivity contribution in [2.24, 2.45) is 0 Å². The largest absolute Gasteiger partial charge is 0.460 e. The molecule has 14 heavy (non-hydrogen) atoms. The molecule has 0 aliphatic rings. The van der Waals surface area contributed by atoms with Crippen molar-refractivity contribution in [2.75, 3.05) is 13.2 Å². The topological polar surface area (TPSA) is 55.4 Å². The summed E-state index contributed by atoms with van der Waals surface area (Å²) in [7, 11) is 0. The Kier molecular flexibility index (Phi) is 5.29. The third kappa shape index (κ3) is 5.13. The summed E-state index contributed by atoms with van der Waals surface area (Å²) in [5.74, 6) is -0.689.